The Bertz CT molecular complexity index is 528. The van der Waals surface area contributed by atoms with E-state index in [9.17, 15) is 5.11 Å². The molecule has 2 rings (SSSR count). The summed E-state index contributed by atoms with van der Waals surface area (Å²) in [6, 6.07) is 10.3. The monoisotopic (exact) mass is 383 g/mol. The van der Waals surface area contributed by atoms with E-state index in [4.69, 9.17) is 0 Å². The molecule has 0 aliphatic heterocycles. The van der Waals surface area contributed by atoms with Crippen LogP contribution in [0.15, 0.2) is 51.7 Å². The van der Waals surface area contributed by atoms with Crippen molar-refractivity contribution in [1.29, 1.82) is 0 Å². The fraction of sp³-hybridized carbons (Fsp3) is 0.267. The van der Waals surface area contributed by atoms with E-state index in [0.29, 0.717) is 0 Å². The summed E-state index contributed by atoms with van der Waals surface area (Å²) in [5, 5.41) is 9.53. The lowest BCUT2D eigenvalue weighted by Gasteiger charge is -2.14. The largest absolute Gasteiger partial charge is 0.396 e. The molecule has 0 aliphatic carbocycles. The van der Waals surface area contributed by atoms with Crippen LogP contribution in [0.2, 0.25) is 0 Å². The van der Waals surface area contributed by atoms with Crippen molar-refractivity contribution < 1.29 is 5.11 Å². The van der Waals surface area contributed by atoms with Crippen LogP contribution >= 0.6 is 31.9 Å². The third-order valence-corrected chi connectivity index (χ3v) is 3.94. The van der Waals surface area contributed by atoms with Gasteiger partial charge in [-0.05, 0) is 64.0 Å². The summed E-state index contributed by atoms with van der Waals surface area (Å²) in [6.45, 7) is 0.183. The molecule has 1 heterocycles. The summed E-state index contributed by atoms with van der Waals surface area (Å²) in [4.78, 5) is 4.16. The Kier molecular flexibility index (Phi) is 5.55. The van der Waals surface area contributed by atoms with Gasteiger partial charge in [-0.3, -0.25) is 4.98 Å². The zero-order valence-corrected chi connectivity index (χ0v) is 13.6. The maximum Gasteiger partial charge on any atom is 0.0465 e. The van der Waals surface area contributed by atoms with E-state index in [0.717, 1.165) is 27.4 Å². The molecule has 100 valence electrons. The second-order valence-electron chi connectivity index (χ2n) is 4.59. The van der Waals surface area contributed by atoms with Gasteiger partial charge in [-0.1, -0.05) is 28.1 Å². The molecule has 1 aromatic carbocycles. The van der Waals surface area contributed by atoms with Gasteiger partial charge in [0.2, 0.25) is 0 Å². The number of hydrogen-bond donors (Lipinski definition) is 1. The number of aliphatic hydroxyl groups is 1. The van der Waals surface area contributed by atoms with Crippen molar-refractivity contribution in [3.8, 4) is 0 Å². The molecule has 2 aromatic rings. The van der Waals surface area contributed by atoms with Crippen molar-refractivity contribution in [3.05, 3.63) is 62.8 Å². The highest BCUT2D eigenvalue weighted by Gasteiger charge is 2.10. The standard InChI is InChI=1S/C15H15Br2NO/c16-14-3-1-11(2-4-14)5-13(10-19)6-12-7-15(17)9-18-8-12/h1-4,7-9,13,19H,5-6,10H2. The van der Waals surface area contributed by atoms with Gasteiger partial charge in [-0.25, -0.2) is 0 Å². The van der Waals surface area contributed by atoms with Crippen LogP contribution in [0.1, 0.15) is 11.1 Å². The highest BCUT2D eigenvalue weighted by molar-refractivity contribution is 9.10. The molecule has 0 saturated carbocycles. The van der Waals surface area contributed by atoms with Gasteiger partial charge >= 0.3 is 0 Å². The molecule has 0 fully saturated rings. The Hall–Kier alpha value is -0.710. The van der Waals surface area contributed by atoms with Crippen LogP contribution in [-0.2, 0) is 12.8 Å². The van der Waals surface area contributed by atoms with E-state index in [1.807, 2.05) is 18.3 Å². The van der Waals surface area contributed by atoms with Gasteiger partial charge in [0.05, 0.1) is 0 Å². The molecule has 19 heavy (non-hydrogen) atoms. The smallest absolute Gasteiger partial charge is 0.0465 e. The summed E-state index contributed by atoms with van der Waals surface area (Å²) in [5.74, 6) is 0.220. The molecule has 0 bridgehead atoms. The summed E-state index contributed by atoms with van der Waals surface area (Å²) >= 11 is 6.85. The quantitative estimate of drug-likeness (QED) is 0.844. The Labute approximate surface area is 130 Å². The lowest BCUT2D eigenvalue weighted by Crippen LogP contribution is -2.13. The SMILES string of the molecule is OCC(Cc1ccc(Br)cc1)Cc1cncc(Br)c1. The zero-order chi connectivity index (χ0) is 13.7. The Balaban J connectivity index is 2.02. The molecule has 0 radical (unpaired) electrons. The summed E-state index contributed by atoms with van der Waals surface area (Å²) in [7, 11) is 0. The van der Waals surface area contributed by atoms with Gasteiger partial charge in [0.15, 0.2) is 0 Å². The Morgan fingerprint density at radius 2 is 1.63 bits per heavy atom. The van der Waals surface area contributed by atoms with Crippen molar-refractivity contribution in [1.82, 2.24) is 4.98 Å². The molecule has 0 saturated heterocycles. The molecule has 0 aliphatic rings. The second-order valence-corrected chi connectivity index (χ2v) is 6.43. The van der Waals surface area contributed by atoms with Gasteiger partial charge in [-0.15, -0.1) is 0 Å². The van der Waals surface area contributed by atoms with Crippen LogP contribution in [0.25, 0.3) is 0 Å². The first-order valence-corrected chi connectivity index (χ1v) is 7.70. The lowest BCUT2D eigenvalue weighted by molar-refractivity contribution is 0.225. The van der Waals surface area contributed by atoms with Crippen LogP contribution in [0.5, 0.6) is 0 Å². The minimum atomic E-state index is 0.183. The summed E-state index contributed by atoms with van der Waals surface area (Å²) in [6.07, 6.45) is 5.33. The number of halogens is 2. The third-order valence-electron chi connectivity index (χ3n) is 2.98. The number of hydrogen-bond acceptors (Lipinski definition) is 2. The van der Waals surface area contributed by atoms with E-state index in [1.54, 1.807) is 6.20 Å². The first-order valence-electron chi connectivity index (χ1n) is 6.12. The molecule has 1 unspecified atom stereocenters. The third kappa shape index (κ3) is 4.71. The molecule has 1 aromatic heterocycles. The van der Waals surface area contributed by atoms with Gasteiger partial charge in [0.1, 0.15) is 0 Å². The van der Waals surface area contributed by atoms with Gasteiger partial charge in [0, 0.05) is 27.9 Å². The van der Waals surface area contributed by atoms with Crippen molar-refractivity contribution in [2.75, 3.05) is 6.61 Å². The topological polar surface area (TPSA) is 33.1 Å². The Morgan fingerprint density at radius 1 is 0.947 bits per heavy atom. The Morgan fingerprint density at radius 3 is 2.26 bits per heavy atom. The van der Waals surface area contributed by atoms with Crippen molar-refractivity contribution in [2.45, 2.75) is 12.8 Å². The van der Waals surface area contributed by atoms with Crippen LogP contribution in [-0.4, -0.2) is 16.7 Å². The predicted octanol–water partition coefficient (Wildman–Crippen LogP) is 4.00. The normalized spacial score (nSPS) is 12.4. The minimum absolute atomic E-state index is 0.183. The molecular formula is C15H15Br2NO. The lowest BCUT2D eigenvalue weighted by atomic mass is 9.94. The van der Waals surface area contributed by atoms with E-state index in [1.165, 1.54) is 5.56 Å². The van der Waals surface area contributed by atoms with E-state index >= 15 is 0 Å². The summed E-state index contributed by atoms with van der Waals surface area (Å²) in [5.41, 5.74) is 2.38. The first-order chi connectivity index (χ1) is 9.17. The molecule has 2 nitrogen and oxygen atoms in total. The second kappa shape index (κ2) is 7.17. The fourth-order valence-electron chi connectivity index (χ4n) is 2.06. The van der Waals surface area contributed by atoms with Gasteiger partial charge < -0.3 is 5.11 Å². The maximum absolute atomic E-state index is 9.53. The van der Waals surface area contributed by atoms with Crippen molar-refractivity contribution in [2.24, 2.45) is 5.92 Å². The van der Waals surface area contributed by atoms with Gasteiger partial charge in [-0.2, -0.15) is 0 Å². The first kappa shape index (κ1) is 14.7. The number of benzene rings is 1. The number of nitrogens with zero attached hydrogens (tertiary/aromatic N) is 1. The molecular weight excluding hydrogens is 370 g/mol. The fourth-order valence-corrected chi connectivity index (χ4v) is 2.73. The number of pyridine rings is 1. The average molecular weight is 385 g/mol. The number of aromatic nitrogens is 1. The zero-order valence-electron chi connectivity index (χ0n) is 10.4. The average Bonchev–Trinajstić information content (AvgIpc) is 2.40. The van der Waals surface area contributed by atoms with E-state index < -0.39 is 0 Å². The highest BCUT2D eigenvalue weighted by Crippen LogP contribution is 2.18. The van der Waals surface area contributed by atoms with Crippen LogP contribution < -0.4 is 0 Å². The molecule has 1 N–H and O–H groups in total. The van der Waals surface area contributed by atoms with E-state index in [2.05, 4.69) is 55.0 Å². The molecule has 0 spiro atoms. The van der Waals surface area contributed by atoms with Crippen LogP contribution in [0.4, 0.5) is 0 Å². The van der Waals surface area contributed by atoms with Crippen LogP contribution in [0.3, 0.4) is 0 Å². The van der Waals surface area contributed by atoms with Crippen LogP contribution in [0, 0.1) is 5.92 Å². The van der Waals surface area contributed by atoms with Crippen molar-refractivity contribution in [3.63, 3.8) is 0 Å². The minimum Gasteiger partial charge on any atom is -0.396 e. The molecule has 1 atom stereocenters. The van der Waals surface area contributed by atoms with E-state index in [-0.39, 0.29) is 12.5 Å². The van der Waals surface area contributed by atoms with Gasteiger partial charge in [0.25, 0.3) is 0 Å². The molecule has 0 amide bonds. The molecule has 4 heteroatoms. The number of rotatable bonds is 5. The summed E-state index contributed by atoms with van der Waals surface area (Å²) < 4.78 is 2.05. The van der Waals surface area contributed by atoms with Crippen molar-refractivity contribution >= 4 is 31.9 Å². The number of aliphatic hydroxyl groups excluding tert-OH is 1. The maximum atomic E-state index is 9.53. The predicted molar refractivity (Wildman–Crippen MR) is 84.1 cm³/mol. The highest BCUT2D eigenvalue weighted by atomic mass is 79.9.